The molecule has 27 heavy (non-hydrogen) atoms. The van der Waals surface area contributed by atoms with Gasteiger partial charge in [0.2, 0.25) is 0 Å². The van der Waals surface area contributed by atoms with Gasteiger partial charge in [0.05, 0.1) is 10.5 Å². The smallest absolute Gasteiger partial charge is 0.339 e. The van der Waals surface area contributed by atoms with Crippen LogP contribution in [0.15, 0.2) is 70.9 Å². The standard InChI is InChI=1S/C21H16O4S2/c1-27(23,24)17-10-8-14(9-11-17)18-13-25-21(22)20(18)16-6-4-15(5-7-16)19-3-2-12-26-19/h2-12H,13H2,1H3. The molecule has 1 aliphatic heterocycles. The molecule has 0 radical (unpaired) electrons. The summed E-state index contributed by atoms with van der Waals surface area (Å²) in [5, 5.41) is 2.03. The first-order valence-electron chi connectivity index (χ1n) is 8.28. The van der Waals surface area contributed by atoms with Gasteiger partial charge >= 0.3 is 5.97 Å². The SMILES string of the molecule is CS(=O)(=O)c1ccc(C2=C(c3ccc(-c4cccs4)cc3)C(=O)OC2)cc1. The van der Waals surface area contributed by atoms with Crippen molar-refractivity contribution in [2.45, 2.75) is 4.90 Å². The van der Waals surface area contributed by atoms with Crippen LogP contribution >= 0.6 is 11.3 Å². The molecule has 0 saturated heterocycles. The monoisotopic (exact) mass is 396 g/mol. The molecule has 0 amide bonds. The van der Waals surface area contributed by atoms with Crippen LogP contribution < -0.4 is 0 Å². The van der Waals surface area contributed by atoms with Crippen molar-refractivity contribution in [2.75, 3.05) is 12.9 Å². The van der Waals surface area contributed by atoms with Crippen LogP contribution in [0.3, 0.4) is 0 Å². The third-order valence-corrected chi connectivity index (χ3v) is 6.51. The molecule has 0 N–H and O–H groups in total. The van der Waals surface area contributed by atoms with E-state index in [1.165, 1.54) is 11.1 Å². The van der Waals surface area contributed by atoms with Gasteiger partial charge in [-0.1, -0.05) is 42.5 Å². The number of hydrogen-bond donors (Lipinski definition) is 0. The van der Waals surface area contributed by atoms with Gasteiger partial charge in [0, 0.05) is 16.7 Å². The quantitative estimate of drug-likeness (QED) is 0.618. The number of thiophene rings is 1. The molecule has 0 spiro atoms. The van der Waals surface area contributed by atoms with Crippen molar-refractivity contribution in [3.8, 4) is 10.4 Å². The van der Waals surface area contributed by atoms with E-state index < -0.39 is 9.84 Å². The Hall–Kier alpha value is -2.70. The number of benzene rings is 2. The number of sulfone groups is 1. The van der Waals surface area contributed by atoms with Crippen molar-refractivity contribution < 1.29 is 17.9 Å². The van der Waals surface area contributed by atoms with Gasteiger partial charge in [0.25, 0.3) is 0 Å². The van der Waals surface area contributed by atoms with Crippen molar-refractivity contribution in [3.05, 3.63) is 77.2 Å². The topological polar surface area (TPSA) is 60.4 Å². The van der Waals surface area contributed by atoms with E-state index in [2.05, 4.69) is 6.07 Å². The maximum absolute atomic E-state index is 12.3. The van der Waals surface area contributed by atoms with Crippen LogP contribution in [0, 0.1) is 0 Å². The fourth-order valence-electron chi connectivity index (χ4n) is 3.07. The summed E-state index contributed by atoms with van der Waals surface area (Å²) in [6.07, 6.45) is 1.17. The van der Waals surface area contributed by atoms with Crippen LogP contribution in [0.2, 0.25) is 0 Å². The minimum absolute atomic E-state index is 0.180. The summed E-state index contributed by atoms with van der Waals surface area (Å²) in [6, 6.07) is 18.4. The normalized spacial score (nSPS) is 14.5. The molecule has 4 nitrogen and oxygen atoms in total. The highest BCUT2D eigenvalue weighted by molar-refractivity contribution is 7.90. The van der Waals surface area contributed by atoms with E-state index >= 15 is 0 Å². The molecule has 2 heterocycles. The third-order valence-electron chi connectivity index (χ3n) is 4.46. The number of carbonyl (C=O) groups excluding carboxylic acids is 1. The molecule has 136 valence electrons. The van der Waals surface area contributed by atoms with E-state index in [0.717, 1.165) is 22.3 Å². The third kappa shape index (κ3) is 3.46. The van der Waals surface area contributed by atoms with E-state index in [4.69, 9.17) is 4.74 Å². The van der Waals surface area contributed by atoms with Crippen molar-refractivity contribution in [1.29, 1.82) is 0 Å². The molecule has 0 fully saturated rings. The summed E-state index contributed by atoms with van der Waals surface area (Å²) in [5.74, 6) is -0.360. The first kappa shape index (κ1) is 17.7. The molecule has 0 saturated carbocycles. The lowest BCUT2D eigenvalue weighted by molar-refractivity contribution is -0.133. The summed E-state index contributed by atoms with van der Waals surface area (Å²) in [6.45, 7) is 0.180. The number of ether oxygens (including phenoxy) is 1. The second-order valence-electron chi connectivity index (χ2n) is 6.28. The van der Waals surface area contributed by atoms with Gasteiger partial charge in [-0.25, -0.2) is 13.2 Å². The first-order chi connectivity index (χ1) is 12.9. The minimum atomic E-state index is -3.26. The van der Waals surface area contributed by atoms with Crippen molar-refractivity contribution in [3.63, 3.8) is 0 Å². The highest BCUT2D eigenvalue weighted by atomic mass is 32.2. The van der Waals surface area contributed by atoms with Gasteiger partial charge in [0.1, 0.15) is 6.61 Å². The zero-order valence-corrected chi connectivity index (χ0v) is 16.1. The Morgan fingerprint density at radius 3 is 2.11 bits per heavy atom. The van der Waals surface area contributed by atoms with Crippen molar-refractivity contribution in [2.24, 2.45) is 0 Å². The predicted molar refractivity (Wildman–Crippen MR) is 107 cm³/mol. The highest BCUT2D eigenvalue weighted by Crippen LogP contribution is 2.34. The van der Waals surface area contributed by atoms with Gasteiger partial charge in [-0.15, -0.1) is 11.3 Å². The average molecular weight is 396 g/mol. The zero-order valence-electron chi connectivity index (χ0n) is 14.5. The Labute approximate surface area is 161 Å². The van der Waals surface area contributed by atoms with Crippen LogP contribution in [-0.2, 0) is 19.4 Å². The minimum Gasteiger partial charge on any atom is -0.457 e. The van der Waals surface area contributed by atoms with Crippen LogP contribution in [0.4, 0.5) is 0 Å². The molecule has 4 rings (SSSR count). The van der Waals surface area contributed by atoms with Gasteiger partial charge in [-0.2, -0.15) is 0 Å². The zero-order chi connectivity index (χ0) is 19.0. The summed E-state index contributed by atoms with van der Waals surface area (Å²) in [4.78, 5) is 13.7. The molecule has 0 atom stereocenters. The van der Waals surface area contributed by atoms with Crippen LogP contribution in [0.25, 0.3) is 21.6 Å². The van der Waals surface area contributed by atoms with Crippen molar-refractivity contribution in [1.82, 2.24) is 0 Å². The lowest BCUT2D eigenvalue weighted by Crippen LogP contribution is -1.98. The molecule has 0 aliphatic carbocycles. The fraction of sp³-hybridized carbons (Fsp3) is 0.0952. The Balaban J connectivity index is 1.74. The average Bonchev–Trinajstić information content (AvgIpc) is 3.31. The van der Waals surface area contributed by atoms with Gasteiger partial charge in [-0.3, -0.25) is 0 Å². The maximum atomic E-state index is 12.3. The summed E-state index contributed by atoms with van der Waals surface area (Å²) >= 11 is 1.66. The first-order valence-corrected chi connectivity index (χ1v) is 11.1. The van der Waals surface area contributed by atoms with Crippen LogP contribution in [-0.4, -0.2) is 27.2 Å². The molecule has 0 unspecified atom stereocenters. The Morgan fingerprint density at radius 2 is 1.52 bits per heavy atom. The molecule has 1 aliphatic rings. The number of hydrogen-bond acceptors (Lipinski definition) is 5. The Morgan fingerprint density at radius 1 is 0.889 bits per heavy atom. The maximum Gasteiger partial charge on any atom is 0.339 e. The second kappa shape index (κ2) is 6.79. The van der Waals surface area contributed by atoms with E-state index in [1.807, 2.05) is 35.7 Å². The van der Waals surface area contributed by atoms with Gasteiger partial charge in [0.15, 0.2) is 9.84 Å². The van der Waals surface area contributed by atoms with Crippen LogP contribution in [0.1, 0.15) is 11.1 Å². The lowest BCUT2D eigenvalue weighted by Gasteiger charge is -2.07. The Kier molecular flexibility index (Phi) is 4.45. The number of esters is 1. The van der Waals surface area contributed by atoms with E-state index in [9.17, 15) is 13.2 Å². The fourth-order valence-corrected chi connectivity index (χ4v) is 4.44. The number of cyclic esters (lactones) is 1. The lowest BCUT2D eigenvalue weighted by atomic mass is 9.96. The number of rotatable bonds is 4. The van der Waals surface area contributed by atoms with E-state index in [0.29, 0.717) is 5.57 Å². The van der Waals surface area contributed by atoms with Gasteiger partial charge < -0.3 is 4.74 Å². The van der Waals surface area contributed by atoms with E-state index in [-0.39, 0.29) is 17.5 Å². The molecule has 3 aromatic rings. The molecular formula is C21H16O4S2. The van der Waals surface area contributed by atoms with E-state index in [1.54, 1.807) is 35.6 Å². The highest BCUT2D eigenvalue weighted by Gasteiger charge is 2.27. The molecule has 1 aromatic heterocycles. The predicted octanol–water partition coefficient (Wildman–Crippen LogP) is 4.29. The summed E-state index contributed by atoms with van der Waals surface area (Å²) in [5.41, 5.74) is 3.97. The molecular weight excluding hydrogens is 380 g/mol. The number of carbonyl (C=O) groups is 1. The summed E-state index contributed by atoms with van der Waals surface area (Å²) in [7, 11) is -3.26. The van der Waals surface area contributed by atoms with Crippen molar-refractivity contribution >= 4 is 38.3 Å². The largest absolute Gasteiger partial charge is 0.457 e. The Bertz CT molecular complexity index is 1120. The molecule has 6 heteroatoms. The summed E-state index contributed by atoms with van der Waals surface area (Å²) < 4.78 is 28.5. The van der Waals surface area contributed by atoms with Crippen LogP contribution in [0.5, 0.6) is 0 Å². The second-order valence-corrected chi connectivity index (χ2v) is 9.24. The molecule has 2 aromatic carbocycles. The van der Waals surface area contributed by atoms with Gasteiger partial charge in [-0.05, 0) is 40.3 Å². The molecule has 0 bridgehead atoms.